The average molecular weight is 730 g/mol. The average Bonchev–Trinajstić information content (AvgIpc) is 3.78. The predicted octanol–water partition coefficient (Wildman–Crippen LogP) is 5.13. The van der Waals surface area contributed by atoms with Crippen molar-refractivity contribution in [2.24, 2.45) is 0 Å². The smallest absolute Gasteiger partial charge is 0.262 e. The fourth-order valence-electron chi connectivity index (χ4n) is 7.02. The van der Waals surface area contributed by atoms with Crippen LogP contribution in [0.25, 0.3) is 5.82 Å². The molecule has 0 radical (unpaired) electrons. The number of hydrogen-bond acceptors (Lipinski definition) is 10. The van der Waals surface area contributed by atoms with E-state index in [-0.39, 0.29) is 53.8 Å². The zero-order valence-electron chi connectivity index (χ0n) is 29.5. The molecule has 2 fully saturated rings. The van der Waals surface area contributed by atoms with Crippen LogP contribution >= 0.6 is 0 Å². The number of aromatic nitrogens is 4. The third-order valence-electron chi connectivity index (χ3n) is 10.3. The number of hydrogen-bond donors (Lipinski definition) is 2. The second kappa shape index (κ2) is 13.8. The number of carbonyl (C=O) groups excluding carboxylic acids is 4. The van der Waals surface area contributed by atoms with Crippen molar-refractivity contribution in [2.75, 3.05) is 5.32 Å². The van der Waals surface area contributed by atoms with Gasteiger partial charge >= 0.3 is 0 Å². The number of pyridine rings is 1. The SMILES string of the molecule is CC(C)(c1ccc(OCc2nc(-n3nccn3)ccc2F)cc1)c1ccc(O[C@H]2C[C@H](Nc3ccc4c(c3)C(=O)N(C3CCC(=O)NC3=O)C4=O)C2)cc1. The Balaban J connectivity index is 0.828. The Bertz CT molecular complexity index is 2250. The molecule has 13 nitrogen and oxygen atoms in total. The van der Waals surface area contributed by atoms with Gasteiger partial charge < -0.3 is 14.8 Å². The molecule has 5 aromatic rings. The zero-order valence-corrected chi connectivity index (χ0v) is 29.5. The summed E-state index contributed by atoms with van der Waals surface area (Å²) < 4.78 is 26.5. The maximum atomic E-state index is 14.4. The maximum Gasteiger partial charge on any atom is 0.262 e. The van der Waals surface area contributed by atoms with Crippen LogP contribution in [-0.2, 0) is 21.6 Å². The van der Waals surface area contributed by atoms with Gasteiger partial charge in [-0.2, -0.15) is 10.2 Å². The Labute approximate surface area is 309 Å². The van der Waals surface area contributed by atoms with Crippen LogP contribution in [0.4, 0.5) is 10.1 Å². The highest BCUT2D eigenvalue weighted by Gasteiger charge is 2.45. The van der Waals surface area contributed by atoms with Crippen LogP contribution in [-0.4, -0.2) is 66.7 Å². The topological polar surface area (TPSA) is 158 Å². The summed E-state index contributed by atoms with van der Waals surface area (Å²) in [5, 5.41) is 13.7. The number of ether oxygens (including phenoxy) is 2. The number of rotatable bonds is 11. The van der Waals surface area contributed by atoms with E-state index in [4.69, 9.17) is 9.47 Å². The summed E-state index contributed by atoms with van der Waals surface area (Å²) in [4.78, 5) is 56.7. The van der Waals surface area contributed by atoms with E-state index in [9.17, 15) is 23.6 Å². The van der Waals surface area contributed by atoms with E-state index in [1.165, 1.54) is 29.3 Å². The molecule has 4 amide bonds. The molecule has 1 unspecified atom stereocenters. The lowest BCUT2D eigenvalue weighted by atomic mass is 9.78. The molecule has 2 N–H and O–H groups in total. The van der Waals surface area contributed by atoms with Gasteiger partial charge in [0.05, 0.1) is 23.5 Å². The molecule has 1 atom stereocenters. The summed E-state index contributed by atoms with van der Waals surface area (Å²) in [6.07, 6.45) is 4.76. The standard InChI is InChI=1S/C40H36FN7O6/c1-40(2,23-3-8-27(9-4-23)53-22-33-32(41)13-15-35(45-33)48-42-17-18-43-48)24-5-10-28(11-6-24)54-29-19-26(20-29)44-25-7-12-30-31(21-25)39(52)47(38(30)51)34-14-16-36(49)46-37(34)50/h3-13,15,17-18,21,26,29,34,44H,14,16,19-20,22H2,1-2H3,(H,46,49,50)/t26-,29-,34?. The first-order chi connectivity index (χ1) is 26.0. The largest absolute Gasteiger partial charge is 0.490 e. The van der Waals surface area contributed by atoms with E-state index >= 15 is 0 Å². The minimum absolute atomic E-state index is 0.0166. The molecule has 3 aromatic carbocycles. The molecule has 1 saturated heterocycles. The van der Waals surface area contributed by atoms with Crippen LogP contribution in [0.15, 0.2) is 91.3 Å². The fourth-order valence-corrected chi connectivity index (χ4v) is 7.02. The number of halogens is 1. The molecule has 1 saturated carbocycles. The molecule has 2 aliphatic heterocycles. The molecule has 14 heteroatoms. The van der Waals surface area contributed by atoms with E-state index in [0.717, 1.165) is 34.6 Å². The molecule has 54 heavy (non-hydrogen) atoms. The van der Waals surface area contributed by atoms with Crippen molar-refractivity contribution in [1.82, 2.24) is 30.2 Å². The number of fused-ring (bicyclic) bond motifs is 1. The fraction of sp³-hybridized carbons (Fsp3) is 0.275. The van der Waals surface area contributed by atoms with Gasteiger partial charge in [-0.15, -0.1) is 4.80 Å². The van der Waals surface area contributed by atoms with Crippen molar-refractivity contribution in [2.45, 2.75) is 69.7 Å². The molecule has 1 aliphatic carbocycles. The first-order valence-electron chi connectivity index (χ1n) is 17.7. The van der Waals surface area contributed by atoms with Crippen LogP contribution in [0.5, 0.6) is 11.5 Å². The minimum Gasteiger partial charge on any atom is -0.490 e. The van der Waals surface area contributed by atoms with Crippen molar-refractivity contribution in [1.29, 1.82) is 0 Å². The highest BCUT2D eigenvalue weighted by atomic mass is 19.1. The predicted molar refractivity (Wildman–Crippen MR) is 193 cm³/mol. The third-order valence-corrected chi connectivity index (χ3v) is 10.3. The Morgan fingerprint density at radius 2 is 1.52 bits per heavy atom. The highest BCUT2D eigenvalue weighted by Crippen LogP contribution is 2.36. The molecule has 8 rings (SSSR count). The summed E-state index contributed by atoms with van der Waals surface area (Å²) in [6, 6.07) is 22.8. The number of piperidine rings is 1. The zero-order chi connectivity index (χ0) is 37.6. The number of imide groups is 2. The van der Waals surface area contributed by atoms with Gasteiger partial charge in [0, 0.05) is 36.4 Å². The Morgan fingerprint density at radius 1 is 0.852 bits per heavy atom. The van der Waals surface area contributed by atoms with Crippen LogP contribution < -0.4 is 20.1 Å². The molecular formula is C40H36FN7O6. The van der Waals surface area contributed by atoms with Crippen LogP contribution in [0, 0.1) is 5.82 Å². The van der Waals surface area contributed by atoms with E-state index < -0.39 is 35.5 Å². The molecule has 0 spiro atoms. The van der Waals surface area contributed by atoms with Gasteiger partial charge in [-0.3, -0.25) is 29.4 Å². The second-order valence-corrected chi connectivity index (χ2v) is 14.1. The quantitative estimate of drug-likeness (QED) is 0.175. The van der Waals surface area contributed by atoms with Gasteiger partial charge in [0.25, 0.3) is 11.8 Å². The molecular weight excluding hydrogens is 693 g/mol. The first-order valence-corrected chi connectivity index (χ1v) is 17.7. The molecule has 2 aromatic heterocycles. The van der Waals surface area contributed by atoms with E-state index in [2.05, 4.69) is 51.8 Å². The summed E-state index contributed by atoms with van der Waals surface area (Å²) in [5.41, 5.74) is 3.21. The maximum absolute atomic E-state index is 14.4. The van der Waals surface area contributed by atoms with E-state index in [0.29, 0.717) is 17.3 Å². The van der Waals surface area contributed by atoms with Gasteiger partial charge in [0.15, 0.2) is 5.82 Å². The number of nitrogens with zero attached hydrogens (tertiary/aromatic N) is 5. The number of benzene rings is 3. The summed E-state index contributed by atoms with van der Waals surface area (Å²) >= 11 is 0. The summed E-state index contributed by atoms with van der Waals surface area (Å²) in [7, 11) is 0. The van der Waals surface area contributed by atoms with Gasteiger partial charge in [0.2, 0.25) is 11.8 Å². The lowest BCUT2D eigenvalue weighted by Gasteiger charge is -2.36. The summed E-state index contributed by atoms with van der Waals surface area (Å²) in [5.74, 6) is -0.814. The van der Waals surface area contributed by atoms with E-state index in [1.807, 2.05) is 36.4 Å². The molecule has 4 heterocycles. The molecule has 3 aliphatic rings. The number of nitrogens with one attached hydrogen (secondary N) is 2. The Kier molecular flexibility index (Phi) is 8.88. The van der Waals surface area contributed by atoms with Crippen LogP contribution in [0.3, 0.4) is 0 Å². The minimum atomic E-state index is -0.997. The first kappa shape index (κ1) is 34.6. The van der Waals surface area contributed by atoms with Crippen LogP contribution in [0.2, 0.25) is 0 Å². The molecule has 0 bridgehead atoms. The van der Waals surface area contributed by atoms with Crippen molar-refractivity contribution >= 4 is 29.3 Å². The van der Waals surface area contributed by atoms with Gasteiger partial charge in [-0.05, 0) is 72.1 Å². The second-order valence-electron chi connectivity index (χ2n) is 14.1. The number of carbonyl (C=O) groups is 4. The lowest BCUT2D eigenvalue weighted by molar-refractivity contribution is -0.136. The van der Waals surface area contributed by atoms with E-state index in [1.54, 1.807) is 18.2 Å². The molecule has 274 valence electrons. The summed E-state index contributed by atoms with van der Waals surface area (Å²) in [6.45, 7) is 4.24. The monoisotopic (exact) mass is 729 g/mol. The van der Waals surface area contributed by atoms with Crippen LogP contribution in [0.1, 0.15) is 77.1 Å². The van der Waals surface area contributed by atoms with Gasteiger partial charge in [-0.1, -0.05) is 38.1 Å². The highest BCUT2D eigenvalue weighted by molar-refractivity contribution is 6.23. The van der Waals surface area contributed by atoms with Gasteiger partial charge in [0.1, 0.15) is 41.8 Å². The lowest BCUT2D eigenvalue weighted by Crippen LogP contribution is -2.54. The van der Waals surface area contributed by atoms with Gasteiger partial charge in [-0.25, -0.2) is 9.37 Å². The number of amides is 4. The number of anilines is 1. The Morgan fingerprint density at radius 3 is 2.20 bits per heavy atom. The van der Waals surface area contributed by atoms with Crippen molar-refractivity contribution in [3.63, 3.8) is 0 Å². The normalized spacial score (nSPS) is 19.6. The van der Waals surface area contributed by atoms with Crippen molar-refractivity contribution in [3.05, 3.63) is 125 Å². The Hall–Kier alpha value is -6.44. The van der Waals surface area contributed by atoms with Crippen molar-refractivity contribution < 1.29 is 33.0 Å². The van der Waals surface area contributed by atoms with Crippen molar-refractivity contribution in [3.8, 4) is 17.3 Å². The third kappa shape index (κ3) is 6.66.